The molecule has 2 aliphatic carbocycles. The third kappa shape index (κ3) is 1.31. The minimum Gasteiger partial charge on any atom is -0.481 e. The van der Waals surface area contributed by atoms with Crippen molar-refractivity contribution in [2.24, 2.45) is 5.92 Å². The van der Waals surface area contributed by atoms with E-state index in [0.717, 1.165) is 53.7 Å². The summed E-state index contributed by atoms with van der Waals surface area (Å²) in [4.78, 5) is 12.6. The Kier molecular flexibility index (Phi) is 2.48. The molecule has 4 unspecified atom stereocenters. The van der Waals surface area contributed by atoms with Gasteiger partial charge in [-0.05, 0) is 37.3 Å². The first kappa shape index (κ1) is 13.1. The number of ketones is 1. The van der Waals surface area contributed by atoms with Crippen molar-refractivity contribution in [3.63, 3.8) is 0 Å². The van der Waals surface area contributed by atoms with Crippen molar-refractivity contribution < 1.29 is 14.6 Å². The van der Waals surface area contributed by atoms with E-state index in [9.17, 15) is 9.90 Å². The highest BCUT2D eigenvalue weighted by Crippen LogP contribution is 2.60. The van der Waals surface area contributed by atoms with Gasteiger partial charge in [0.25, 0.3) is 0 Å². The van der Waals surface area contributed by atoms with E-state index in [2.05, 4.69) is 5.32 Å². The standard InChI is InChI=1S/C17H18BNO3/c18-11-5-8(7-20)15-14-9(11)6-12-10-1-2-13(21)16(22-15)17(10,14)3-4-19-12/h5,10,12,16,19-20H,1-4,6-7H2. The van der Waals surface area contributed by atoms with Crippen molar-refractivity contribution in [1.29, 1.82) is 0 Å². The smallest absolute Gasteiger partial charge is 0.174 e. The number of nitrogens with one attached hydrogen (secondary N) is 1. The Labute approximate surface area is 130 Å². The van der Waals surface area contributed by atoms with Crippen LogP contribution in [0.5, 0.6) is 5.75 Å². The molecule has 2 fully saturated rings. The van der Waals surface area contributed by atoms with Crippen LogP contribution < -0.4 is 15.5 Å². The van der Waals surface area contributed by atoms with Crippen molar-refractivity contribution in [3.05, 3.63) is 22.8 Å². The Morgan fingerprint density at radius 2 is 2.36 bits per heavy atom. The summed E-state index contributed by atoms with van der Waals surface area (Å²) in [5.41, 5.74) is 3.53. The summed E-state index contributed by atoms with van der Waals surface area (Å²) in [6.45, 7) is 0.812. The molecule has 1 aromatic rings. The normalized spacial score (nSPS) is 37.7. The molecule has 4 nitrogen and oxygen atoms in total. The zero-order valence-electron chi connectivity index (χ0n) is 12.4. The lowest BCUT2D eigenvalue weighted by Crippen LogP contribution is -2.65. The molecule has 4 aliphatic rings. The summed E-state index contributed by atoms with van der Waals surface area (Å²) < 4.78 is 6.18. The Balaban J connectivity index is 1.85. The molecule has 2 bridgehead atoms. The van der Waals surface area contributed by atoms with Gasteiger partial charge in [0.2, 0.25) is 0 Å². The predicted octanol–water partition coefficient (Wildman–Crippen LogP) is -0.131. The summed E-state index contributed by atoms with van der Waals surface area (Å²) in [5.74, 6) is 1.40. The summed E-state index contributed by atoms with van der Waals surface area (Å²) >= 11 is 0. The number of benzene rings is 1. The topological polar surface area (TPSA) is 58.6 Å². The molecule has 0 amide bonds. The number of rotatable bonds is 1. The first-order valence-electron chi connectivity index (χ1n) is 8.15. The second kappa shape index (κ2) is 4.15. The lowest BCUT2D eigenvalue weighted by Gasteiger charge is -2.54. The van der Waals surface area contributed by atoms with Crippen molar-refractivity contribution >= 4 is 19.1 Å². The fourth-order valence-corrected chi connectivity index (χ4v) is 5.56. The molecule has 22 heavy (non-hydrogen) atoms. The zero-order valence-corrected chi connectivity index (χ0v) is 12.4. The molecule has 4 atom stereocenters. The van der Waals surface area contributed by atoms with Gasteiger partial charge in [-0.1, -0.05) is 11.5 Å². The molecule has 2 heterocycles. The summed E-state index contributed by atoms with van der Waals surface area (Å²) in [5, 5.41) is 13.3. The Morgan fingerprint density at radius 1 is 1.50 bits per heavy atom. The van der Waals surface area contributed by atoms with Crippen molar-refractivity contribution in [3.8, 4) is 5.75 Å². The fourth-order valence-electron chi connectivity index (χ4n) is 5.56. The van der Waals surface area contributed by atoms with E-state index in [1.54, 1.807) is 0 Å². The minimum atomic E-state index is -0.378. The summed E-state index contributed by atoms with van der Waals surface area (Å²) in [6.07, 6.45) is 2.97. The molecule has 2 aliphatic heterocycles. The van der Waals surface area contributed by atoms with Crippen molar-refractivity contribution in [1.82, 2.24) is 5.32 Å². The Bertz CT molecular complexity index is 704. The van der Waals surface area contributed by atoms with Crippen LogP contribution in [0.4, 0.5) is 0 Å². The Morgan fingerprint density at radius 3 is 3.18 bits per heavy atom. The number of piperidine rings is 1. The van der Waals surface area contributed by atoms with Crippen LogP contribution in [-0.2, 0) is 23.2 Å². The maximum absolute atomic E-state index is 12.6. The van der Waals surface area contributed by atoms with Gasteiger partial charge in [-0.15, -0.1) is 0 Å². The fraction of sp³-hybridized carbons (Fsp3) is 0.588. The van der Waals surface area contributed by atoms with Gasteiger partial charge in [-0.25, -0.2) is 0 Å². The third-order valence-electron chi connectivity index (χ3n) is 6.35. The van der Waals surface area contributed by atoms with Gasteiger partial charge in [0, 0.05) is 29.0 Å². The molecule has 1 saturated heterocycles. The summed E-state index contributed by atoms with van der Waals surface area (Å²) in [6, 6.07) is 2.21. The van der Waals surface area contributed by atoms with Crippen LogP contribution in [0.15, 0.2) is 6.07 Å². The van der Waals surface area contributed by atoms with Crippen LogP contribution in [-0.4, -0.2) is 37.4 Å². The average molecular weight is 295 g/mol. The largest absolute Gasteiger partial charge is 0.481 e. The highest BCUT2D eigenvalue weighted by Gasteiger charge is 2.64. The molecular weight excluding hydrogens is 277 g/mol. The number of hydrogen-bond donors (Lipinski definition) is 2. The monoisotopic (exact) mass is 295 g/mol. The van der Waals surface area contributed by atoms with E-state index in [4.69, 9.17) is 12.6 Å². The van der Waals surface area contributed by atoms with E-state index in [-0.39, 0.29) is 23.9 Å². The first-order chi connectivity index (χ1) is 10.7. The zero-order chi connectivity index (χ0) is 15.1. The highest BCUT2D eigenvalue weighted by molar-refractivity contribution is 6.33. The maximum atomic E-state index is 12.6. The maximum Gasteiger partial charge on any atom is 0.174 e. The molecule has 1 saturated carbocycles. The lowest BCUT2D eigenvalue weighted by atomic mass is 9.51. The van der Waals surface area contributed by atoms with Crippen LogP contribution in [0.1, 0.15) is 36.0 Å². The number of Topliss-reactive ketones (excluding diaryl/α,β-unsaturated/α-hetero) is 1. The van der Waals surface area contributed by atoms with Gasteiger partial charge in [-0.3, -0.25) is 4.79 Å². The number of carbonyl (C=O) groups excluding carboxylic acids is 1. The number of ether oxygens (including phenoxy) is 1. The molecule has 1 aromatic carbocycles. The van der Waals surface area contributed by atoms with Crippen LogP contribution in [0.3, 0.4) is 0 Å². The molecule has 112 valence electrons. The first-order valence-corrected chi connectivity index (χ1v) is 8.15. The predicted molar refractivity (Wildman–Crippen MR) is 81.7 cm³/mol. The minimum absolute atomic E-state index is 0.101. The molecule has 0 aromatic heterocycles. The van der Waals surface area contributed by atoms with Crippen molar-refractivity contribution in [2.45, 2.75) is 49.9 Å². The second-order valence-electron chi connectivity index (χ2n) is 7.13. The van der Waals surface area contributed by atoms with Crippen molar-refractivity contribution in [2.75, 3.05) is 6.54 Å². The van der Waals surface area contributed by atoms with Crippen LogP contribution in [0.25, 0.3) is 0 Å². The van der Waals surface area contributed by atoms with Crippen LogP contribution in [0.2, 0.25) is 0 Å². The molecule has 5 heteroatoms. The van der Waals surface area contributed by atoms with E-state index in [1.165, 1.54) is 0 Å². The average Bonchev–Trinajstić information content (AvgIpc) is 2.84. The highest BCUT2D eigenvalue weighted by atomic mass is 16.5. The van der Waals surface area contributed by atoms with Gasteiger partial charge >= 0.3 is 0 Å². The second-order valence-corrected chi connectivity index (χ2v) is 7.13. The number of hydrogen-bond acceptors (Lipinski definition) is 4. The lowest BCUT2D eigenvalue weighted by molar-refractivity contribution is -0.135. The number of carbonyl (C=O) groups is 1. The van der Waals surface area contributed by atoms with Gasteiger partial charge in [0.1, 0.15) is 13.6 Å². The van der Waals surface area contributed by atoms with E-state index < -0.39 is 0 Å². The molecule has 2 radical (unpaired) electrons. The van der Waals surface area contributed by atoms with Crippen LogP contribution in [0, 0.1) is 5.92 Å². The van der Waals surface area contributed by atoms with Crippen LogP contribution >= 0.6 is 0 Å². The number of aliphatic hydroxyl groups is 1. The SMILES string of the molecule is [B]c1cc(CO)c2c3c1CC1NCCC34C(O2)C(=O)CCC14. The molecule has 5 rings (SSSR count). The van der Waals surface area contributed by atoms with Gasteiger partial charge in [0.05, 0.1) is 6.61 Å². The third-order valence-corrected chi connectivity index (χ3v) is 6.35. The molecule has 1 spiro atoms. The van der Waals surface area contributed by atoms with Gasteiger partial charge in [0.15, 0.2) is 11.9 Å². The molecular formula is C17H18BNO3. The quantitative estimate of drug-likeness (QED) is 0.709. The van der Waals surface area contributed by atoms with E-state index >= 15 is 0 Å². The summed E-state index contributed by atoms with van der Waals surface area (Å²) in [7, 11) is 6.28. The Hall–Kier alpha value is -1.33. The number of aliphatic hydroxyl groups excluding tert-OH is 1. The molecule has 2 N–H and O–H groups in total. The van der Waals surface area contributed by atoms with Gasteiger partial charge in [-0.2, -0.15) is 0 Å². The van der Waals surface area contributed by atoms with E-state index in [0.29, 0.717) is 18.4 Å². The van der Waals surface area contributed by atoms with Gasteiger partial charge < -0.3 is 15.2 Å². The van der Waals surface area contributed by atoms with E-state index in [1.807, 2.05) is 6.07 Å².